The molecule has 0 saturated heterocycles. The molecule has 3 aromatic carbocycles. The minimum absolute atomic E-state index is 0.0194. The van der Waals surface area contributed by atoms with Crippen LogP contribution in [0.25, 0.3) is 0 Å². The van der Waals surface area contributed by atoms with Crippen molar-refractivity contribution in [1.82, 2.24) is 5.43 Å². The van der Waals surface area contributed by atoms with Gasteiger partial charge in [0, 0.05) is 5.02 Å². The molecule has 0 bridgehead atoms. The highest BCUT2D eigenvalue weighted by Crippen LogP contribution is 2.32. The Hall–Kier alpha value is -3.76. The van der Waals surface area contributed by atoms with Crippen LogP contribution in [0.1, 0.15) is 19.4 Å². The van der Waals surface area contributed by atoms with Gasteiger partial charge < -0.3 is 14.6 Å². The third-order valence-corrected chi connectivity index (χ3v) is 6.84. The first-order valence-electron chi connectivity index (χ1n) is 11.0. The predicted molar refractivity (Wildman–Crippen MR) is 139 cm³/mol. The van der Waals surface area contributed by atoms with Gasteiger partial charge in [-0.25, -0.2) is 13.8 Å². The van der Waals surface area contributed by atoms with E-state index in [1.807, 2.05) is 0 Å². The average Bonchev–Trinajstić information content (AvgIpc) is 2.85. The molecule has 3 aromatic rings. The smallest absolute Gasteiger partial charge is 0.264 e. The van der Waals surface area contributed by atoms with Crippen molar-refractivity contribution >= 4 is 39.4 Å². The first kappa shape index (κ1) is 26.8. The second kappa shape index (κ2) is 12.3. The van der Waals surface area contributed by atoms with Gasteiger partial charge in [0.15, 0.2) is 11.5 Å². The van der Waals surface area contributed by atoms with Crippen LogP contribution in [-0.2, 0) is 14.8 Å². The summed E-state index contributed by atoms with van der Waals surface area (Å²) in [5.74, 6) is -0.116. The van der Waals surface area contributed by atoms with Crippen LogP contribution in [0.4, 0.5) is 5.69 Å². The molecule has 0 fully saturated rings. The number of hydrogen-bond acceptors (Lipinski definition) is 7. The first-order chi connectivity index (χ1) is 17.3. The van der Waals surface area contributed by atoms with Crippen LogP contribution in [0.3, 0.4) is 0 Å². The molecular formula is C25H26ClN3O6S. The Morgan fingerprint density at radius 1 is 1.03 bits per heavy atom. The van der Waals surface area contributed by atoms with E-state index in [-0.39, 0.29) is 22.1 Å². The summed E-state index contributed by atoms with van der Waals surface area (Å²) in [5, 5.41) is 14.1. The van der Waals surface area contributed by atoms with Gasteiger partial charge in [-0.2, -0.15) is 5.10 Å². The minimum Gasteiger partial charge on any atom is -0.504 e. The highest BCUT2D eigenvalue weighted by atomic mass is 35.5. The maximum atomic E-state index is 13.5. The summed E-state index contributed by atoms with van der Waals surface area (Å²) >= 11 is 5.92. The molecule has 1 amide bonds. The van der Waals surface area contributed by atoms with Crippen LogP contribution in [0.2, 0.25) is 5.02 Å². The molecule has 2 N–H and O–H groups in total. The molecule has 190 valence electrons. The Morgan fingerprint density at radius 2 is 1.69 bits per heavy atom. The fraction of sp³-hybridized carbons (Fsp3) is 0.200. The summed E-state index contributed by atoms with van der Waals surface area (Å²) in [7, 11) is -4.16. The van der Waals surface area contributed by atoms with Gasteiger partial charge in [0.05, 0.1) is 30.0 Å². The fourth-order valence-corrected chi connectivity index (χ4v) is 4.76. The number of phenols is 1. The zero-order valence-corrected chi connectivity index (χ0v) is 21.3. The van der Waals surface area contributed by atoms with Crippen molar-refractivity contribution in [2.24, 2.45) is 5.10 Å². The Balaban J connectivity index is 1.87. The molecule has 0 aliphatic heterocycles. The zero-order valence-electron chi connectivity index (χ0n) is 19.7. The van der Waals surface area contributed by atoms with Crippen LogP contribution in [0.5, 0.6) is 17.2 Å². The number of para-hydroxylation sites is 2. The summed E-state index contributed by atoms with van der Waals surface area (Å²) in [6.07, 6.45) is 1.35. The van der Waals surface area contributed by atoms with E-state index in [2.05, 4.69) is 10.5 Å². The Morgan fingerprint density at radius 3 is 2.39 bits per heavy atom. The molecule has 0 aliphatic carbocycles. The number of aromatic hydroxyl groups is 1. The first-order valence-corrected chi connectivity index (χ1v) is 12.9. The molecule has 0 heterocycles. The number of hydrazone groups is 1. The summed E-state index contributed by atoms with van der Waals surface area (Å²) in [6.45, 7) is 3.67. The number of rotatable bonds is 11. The number of hydrogen-bond donors (Lipinski definition) is 2. The van der Waals surface area contributed by atoms with Crippen molar-refractivity contribution in [1.29, 1.82) is 0 Å². The Bertz CT molecular complexity index is 1330. The van der Waals surface area contributed by atoms with E-state index in [1.165, 1.54) is 36.5 Å². The van der Waals surface area contributed by atoms with Crippen molar-refractivity contribution in [2.75, 3.05) is 24.1 Å². The number of ether oxygens (including phenoxy) is 2. The van der Waals surface area contributed by atoms with E-state index in [0.29, 0.717) is 29.5 Å². The molecule has 9 nitrogen and oxygen atoms in total. The monoisotopic (exact) mass is 531 g/mol. The predicted octanol–water partition coefficient (Wildman–Crippen LogP) is 4.19. The normalized spacial score (nSPS) is 11.3. The van der Waals surface area contributed by atoms with Gasteiger partial charge in [0.25, 0.3) is 15.9 Å². The Kier molecular flexibility index (Phi) is 9.15. The molecule has 0 radical (unpaired) electrons. The van der Waals surface area contributed by atoms with Crippen LogP contribution in [0, 0.1) is 0 Å². The second-order valence-electron chi connectivity index (χ2n) is 7.32. The number of benzene rings is 3. The van der Waals surface area contributed by atoms with Crippen molar-refractivity contribution < 1.29 is 27.8 Å². The van der Waals surface area contributed by atoms with Gasteiger partial charge in [-0.3, -0.25) is 9.10 Å². The van der Waals surface area contributed by atoms with Crippen molar-refractivity contribution in [3.05, 3.63) is 77.3 Å². The minimum atomic E-state index is -4.16. The topological polar surface area (TPSA) is 118 Å². The number of anilines is 1. The van der Waals surface area contributed by atoms with Crippen molar-refractivity contribution in [2.45, 2.75) is 18.7 Å². The van der Waals surface area contributed by atoms with Crippen molar-refractivity contribution in [3.63, 3.8) is 0 Å². The van der Waals surface area contributed by atoms with Gasteiger partial charge in [-0.05, 0) is 74.0 Å². The standard InChI is InChI=1S/C25H26ClN3O6S/c1-3-34-23-8-6-5-7-21(23)29(36(32,33)20-12-10-19(26)11-13-20)17-25(31)28-27-16-18-9-14-22(30)24(15-18)35-4-2/h5-16,30H,3-4,17H2,1-2H3,(H,28,31)/b27-16-. The average molecular weight is 532 g/mol. The lowest BCUT2D eigenvalue weighted by atomic mass is 10.2. The number of amides is 1. The lowest BCUT2D eigenvalue weighted by Gasteiger charge is -2.25. The number of halogens is 1. The van der Waals surface area contributed by atoms with E-state index in [1.54, 1.807) is 50.2 Å². The summed E-state index contributed by atoms with van der Waals surface area (Å²) in [5.41, 5.74) is 3.10. The summed E-state index contributed by atoms with van der Waals surface area (Å²) < 4.78 is 39.0. The quantitative estimate of drug-likeness (QED) is 0.283. The van der Waals surface area contributed by atoms with Crippen molar-refractivity contribution in [3.8, 4) is 17.2 Å². The molecule has 36 heavy (non-hydrogen) atoms. The highest BCUT2D eigenvalue weighted by Gasteiger charge is 2.29. The molecule has 0 saturated carbocycles. The lowest BCUT2D eigenvalue weighted by Crippen LogP contribution is -2.39. The van der Waals surface area contributed by atoms with E-state index in [4.69, 9.17) is 21.1 Å². The number of carbonyl (C=O) groups excluding carboxylic acids is 1. The van der Waals surface area contributed by atoms with Gasteiger partial charge in [0.1, 0.15) is 12.3 Å². The molecule has 0 spiro atoms. The van der Waals surface area contributed by atoms with Crippen LogP contribution < -0.4 is 19.2 Å². The lowest BCUT2D eigenvalue weighted by molar-refractivity contribution is -0.119. The largest absolute Gasteiger partial charge is 0.504 e. The maximum Gasteiger partial charge on any atom is 0.264 e. The highest BCUT2D eigenvalue weighted by molar-refractivity contribution is 7.92. The zero-order chi connectivity index (χ0) is 26.1. The molecular weight excluding hydrogens is 506 g/mol. The number of nitrogens with one attached hydrogen (secondary N) is 1. The third-order valence-electron chi connectivity index (χ3n) is 4.81. The van der Waals surface area contributed by atoms with E-state index in [0.717, 1.165) is 4.31 Å². The van der Waals surface area contributed by atoms with Gasteiger partial charge in [-0.15, -0.1) is 0 Å². The maximum absolute atomic E-state index is 13.5. The molecule has 0 aromatic heterocycles. The van der Waals surface area contributed by atoms with Gasteiger partial charge >= 0.3 is 0 Å². The SMILES string of the molecule is CCOc1cc(/C=N\NC(=O)CN(c2ccccc2OCC)S(=O)(=O)c2ccc(Cl)cc2)ccc1O. The van der Waals surface area contributed by atoms with Crippen LogP contribution in [0.15, 0.2) is 76.7 Å². The molecule has 0 atom stereocenters. The van der Waals surface area contributed by atoms with Crippen LogP contribution >= 0.6 is 11.6 Å². The summed E-state index contributed by atoms with van der Waals surface area (Å²) in [6, 6.07) is 16.8. The van der Waals surface area contributed by atoms with E-state index >= 15 is 0 Å². The van der Waals surface area contributed by atoms with Crippen LogP contribution in [-0.4, -0.2) is 45.4 Å². The molecule has 0 unspecified atom stereocenters. The molecule has 11 heteroatoms. The summed E-state index contributed by atoms with van der Waals surface area (Å²) in [4.78, 5) is 12.7. The number of nitrogens with zero attached hydrogens (tertiary/aromatic N) is 2. The van der Waals surface area contributed by atoms with E-state index in [9.17, 15) is 18.3 Å². The van der Waals surface area contributed by atoms with Gasteiger partial charge in [0.2, 0.25) is 0 Å². The second-order valence-corrected chi connectivity index (χ2v) is 9.62. The molecule has 3 rings (SSSR count). The van der Waals surface area contributed by atoms with Gasteiger partial charge in [-0.1, -0.05) is 23.7 Å². The third kappa shape index (κ3) is 6.67. The van der Waals surface area contributed by atoms with E-state index < -0.39 is 22.5 Å². The Labute approximate surface area is 215 Å². The number of sulfonamides is 1. The molecule has 0 aliphatic rings. The fourth-order valence-electron chi connectivity index (χ4n) is 3.20. The number of carbonyl (C=O) groups is 1. The number of phenolic OH excluding ortho intramolecular Hbond substituents is 1.